The van der Waals surface area contributed by atoms with E-state index >= 15 is 0 Å². The summed E-state index contributed by atoms with van der Waals surface area (Å²) in [6.07, 6.45) is 2.30. The average Bonchev–Trinajstić information content (AvgIpc) is 2.77. The van der Waals surface area contributed by atoms with Crippen molar-refractivity contribution >= 4 is 12.2 Å². The van der Waals surface area contributed by atoms with Gasteiger partial charge in [-0.15, -0.1) is 0 Å². The third kappa shape index (κ3) is 5.24. The highest BCUT2D eigenvalue weighted by Gasteiger charge is 2.55. The topological polar surface area (TPSA) is 68.3 Å². The van der Waals surface area contributed by atoms with Crippen LogP contribution in [0.15, 0.2) is 48.5 Å². The Hall–Kier alpha value is -3.22. The first-order valence-corrected chi connectivity index (χ1v) is 12.4. The second kappa shape index (κ2) is 9.10. The molecule has 1 aliphatic carbocycles. The molecule has 7 heteroatoms. The van der Waals surface area contributed by atoms with Crippen LogP contribution in [0, 0.1) is 5.41 Å². The van der Waals surface area contributed by atoms with Crippen LogP contribution in [0.5, 0.6) is 5.75 Å². The van der Waals surface area contributed by atoms with Crippen molar-refractivity contribution in [2.24, 2.45) is 5.41 Å². The second-order valence-corrected chi connectivity index (χ2v) is 11.1. The van der Waals surface area contributed by atoms with Crippen molar-refractivity contribution in [2.45, 2.75) is 64.9 Å². The normalized spacial score (nSPS) is 18.8. The van der Waals surface area contributed by atoms with Gasteiger partial charge in [0.05, 0.1) is 0 Å². The number of nitrogens with zero attached hydrogens (tertiary/aromatic N) is 2. The lowest BCUT2D eigenvalue weighted by Crippen LogP contribution is -2.65. The molecule has 1 spiro atoms. The van der Waals surface area contributed by atoms with Gasteiger partial charge in [-0.05, 0) is 57.2 Å². The summed E-state index contributed by atoms with van der Waals surface area (Å²) < 4.78 is 17.4. The smallest absolute Gasteiger partial charge is 0.410 e. The monoisotopic (exact) mass is 478 g/mol. The van der Waals surface area contributed by atoms with E-state index in [1.165, 1.54) is 5.56 Å². The highest BCUT2D eigenvalue weighted by atomic mass is 16.6. The average molecular weight is 479 g/mol. The summed E-state index contributed by atoms with van der Waals surface area (Å²) >= 11 is 0. The molecule has 1 saturated heterocycles. The predicted octanol–water partition coefficient (Wildman–Crippen LogP) is 5.16. The lowest BCUT2D eigenvalue weighted by atomic mass is 9.62. The van der Waals surface area contributed by atoms with Crippen molar-refractivity contribution in [3.8, 4) is 5.75 Å². The molecule has 2 heterocycles. The largest absolute Gasteiger partial charge is 0.490 e. The molecular weight excluding hydrogens is 444 g/mol. The van der Waals surface area contributed by atoms with Crippen molar-refractivity contribution in [3.63, 3.8) is 0 Å². The fourth-order valence-electron chi connectivity index (χ4n) is 5.30. The number of benzene rings is 2. The summed E-state index contributed by atoms with van der Waals surface area (Å²) in [5, 5.41) is 0. The van der Waals surface area contributed by atoms with Crippen molar-refractivity contribution in [3.05, 3.63) is 65.2 Å². The maximum Gasteiger partial charge on any atom is 0.410 e. The van der Waals surface area contributed by atoms with E-state index in [9.17, 15) is 9.59 Å². The van der Waals surface area contributed by atoms with Gasteiger partial charge in [0.1, 0.15) is 24.1 Å². The molecule has 2 amide bonds. The zero-order valence-corrected chi connectivity index (χ0v) is 20.8. The van der Waals surface area contributed by atoms with Gasteiger partial charge in [0, 0.05) is 37.2 Å². The van der Waals surface area contributed by atoms with E-state index < -0.39 is 5.60 Å². The minimum Gasteiger partial charge on any atom is -0.490 e. The number of ether oxygens (including phenoxy) is 3. The van der Waals surface area contributed by atoms with E-state index in [4.69, 9.17) is 14.2 Å². The van der Waals surface area contributed by atoms with Crippen LogP contribution < -0.4 is 4.74 Å². The molecule has 186 valence electrons. The van der Waals surface area contributed by atoms with Gasteiger partial charge in [-0.2, -0.15) is 0 Å². The first kappa shape index (κ1) is 23.5. The Bertz CT molecular complexity index is 1080. The van der Waals surface area contributed by atoms with E-state index in [0.29, 0.717) is 19.7 Å². The molecular formula is C28H34N2O5. The molecule has 5 rings (SSSR count). The van der Waals surface area contributed by atoms with Crippen molar-refractivity contribution in [1.82, 2.24) is 9.80 Å². The molecule has 0 bridgehead atoms. The van der Waals surface area contributed by atoms with Gasteiger partial charge in [-0.25, -0.2) is 9.59 Å². The van der Waals surface area contributed by atoms with Gasteiger partial charge in [-0.1, -0.05) is 42.5 Å². The molecule has 0 radical (unpaired) electrons. The lowest BCUT2D eigenvalue weighted by molar-refractivity contribution is -0.110. The zero-order chi connectivity index (χ0) is 24.6. The van der Waals surface area contributed by atoms with E-state index in [0.717, 1.165) is 49.2 Å². The fourth-order valence-corrected chi connectivity index (χ4v) is 5.30. The molecule has 2 fully saturated rings. The summed E-state index contributed by atoms with van der Waals surface area (Å²) in [7, 11) is 0. The Morgan fingerprint density at radius 3 is 2.43 bits per heavy atom. The Morgan fingerprint density at radius 1 is 0.971 bits per heavy atom. The van der Waals surface area contributed by atoms with Gasteiger partial charge in [-0.3, -0.25) is 0 Å². The van der Waals surface area contributed by atoms with Gasteiger partial charge in [0.25, 0.3) is 0 Å². The molecule has 1 saturated carbocycles. The third-order valence-corrected chi connectivity index (χ3v) is 7.01. The van der Waals surface area contributed by atoms with Crippen LogP contribution in [0.2, 0.25) is 0 Å². The van der Waals surface area contributed by atoms with Crippen molar-refractivity contribution < 1.29 is 23.8 Å². The van der Waals surface area contributed by atoms with Gasteiger partial charge in [0.2, 0.25) is 0 Å². The number of likely N-dealkylation sites (tertiary alicyclic amines) is 1. The first-order valence-electron chi connectivity index (χ1n) is 12.4. The lowest BCUT2D eigenvalue weighted by Gasteiger charge is -2.57. The second-order valence-electron chi connectivity index (χ2n) is 11.1. The van der Waals surface area contributed by atoms with E-state index in [1.807, 2.05) is 63.2 Å². The van der Waals surface area contributed by atoms with Crippen LogP contribution in [0.3, 0.4) is 0 Å². The van der Waals surface area contributed by atoms with Crippen LogP contribution in [-0.2, 0) is 29.0 Å². The zero-order valence-electron chi connectivity index (χ0n) is 20.8. The Morgan fingerprint density at radius 2 is 1.71 bits per heavy atom. The molecule has 2 aromatic carbocycles. The van der Waals surface area contributed by atoms with Crippen LogP contribution >= 0.6 is 0 Å². The number of carbonyl (C=O) groups is 2. The van der Waals surface area contributed by atoms with Gasteiger partial charge in [0.15, 0.2) is 0 Å². The van der Waals surface area contributed by atoms with Crippen LogP contribution in [0.4, 0.5) is 9.59 Å². The van der Waals surface area contributed by atoms with E-state index in [-0.39, 0.29) is 23.7 Å². The molecule has 35 heavy (non-hydrogen) atoms. The quantitative estimate of drug-likeness (QED) is 0.607. The highest BCUT2D eigenvalue weighted by molar-refractivity contribution is 5.69. The summed E-state index contributed by atoms with van der Waals surface area (Å²) in [5.74, 6) is 0.921. The number of hydrogen-bond donors (Lipinski definition) is 0. The van der Waals surface area contributed by atoms with Crippen molar-refractivity contribution in [2.75, 3.05) is 19.6 Å². The molecule has 3 aliphatic rings. The molecule has 7 nitrogen and oxygen atoms in total. The Labute approximate surface area is 206 Å². The fraction of sp³-hybridized carbons (Fsp3) is 0.500. The Kier molecular flexibility index (Phi) is 6.11. The highest BCUT2D eigenvalue weighted by Crippen LogP contribution is 2.50. The number of rotatable bonds is 4. The third-order valence-electron chi connectivity index (χ3n) is 7.01. The van der Waals surface area contributed by atoms with E-state index in [2.05, 4.69) is 6.07 Å². The summed E-state index contributed by atoms with van der Waals surface area (Å²) in [4.78, 5) is 28.4. The first-order chi connectivity index (χ1) is 16.7. The summed E-state index contributed by atoms with van der Waals surface area (Å²) in [6, 6.07) is 15.8. The number of amides is 2. The molecule has 2 aliphatic heterocycles. The maximum atomic E-state index is 12.5. The molecule has 0 atom stereocenters. The van der Waals surface area contributed by atoms with Gasteiger partial charge >= 0.3 is 12.2 Å². The predicted molar refractivity (Wildman–Crippen MR) is 131 cm³/mol. The molecule has 0 unspecified atom stereocenters. The van der Waals surface area contributed by atoms with Gasteiger partial charge < -0.3 is 24.0 Å². The SMILES string of the molecule is CC(C)(C)OC(=O)N1CCc2c(cccc2OC2CC3(C2)CN(C(=O)OCc2ccccc2)C3)C1. The van der Waals surface area contributed by atoms with Crippen LogP contribution in [-0.4, -0.2) is 53.3 Å². The minimum atomic E-state index is -0.502. The minimum absolute atomic E-state index is 0.160. The maximum absolute atomic E-state index is 12.5. The molecule has 0 aromatic heterocycles. The van der Waals surface area contributed by atoms with Crippen LogP contribution in [0.1, 0.15) is 50.3 Å². The summed E-state index contributed by atoms with van der Waals surface area (Å²) in [6.45, 7) is 8.59. The molecule has 0 N–H and O–H groups in total. The number of hydrogen-bond acceptors (Lipinski definition) is 5. The standard InChI is InChI=1S/C28H34N2O5/c1-27(2,3)35-26(32)29-13-12-23-21(16-29)10-7-11-24(23)34-22-14-28(15-22)18-30(19-28)25(31)33-17-20-8-5-4-6-9-20/h4-11,22H,12-19H2,1-3H3. The Balaban J connectivity index is 1.09. The van der Waals surface area contributed by atoms with Crippen molar-refractivity contribution in [1.29, 1.82) is 0 Å². The molecule has 2 aromatic rings. The number of fused-ring (bicyclic) bond motifs is 1. The number of carbonyl (C=O) groups excluding carboxylic acids is 2. The van der Waals surface area contributed by atoms with E-state index in [1.54, 1.807) is 9.80 Å². The van der Waals surface area contributed by atoms with Crippen LogP contribution in [0.25, 0.3) is 0 Å². The summed E-state index contributed by atoms with van der Waals surface area (Å²) in [5.41, 5.74) is 2.96.